The molecule has 1 amide bonds. The Bertz CT molecular complexity index is 1230. The van der Waals surface area contributed by atoms with Crippen LogP contribution in [-0.4, -0.2) is 41.0 Å². The van der Waals surface area contributed by atoms with Gasteiger partial charge in [-0.25, -0.2) is 4.98 Å². The summed E-state index contributed by atoms with van der Waals surface area (Å²) in [6.07, 6.45) is 4.38. The monoisotopic (exact) mass is 460 g/mol. The Hall–Kier alpha value is -3.58. The number of nitrogens with zero attached hydrogens (tertiary/aromatic N) is 2. The summed E-state index contributed by atoms with van der Waals surface area (Å²) >= 11 is 0. The number of rotatable bonds is 11. The van der Waals surface area contributed by atoms with Gasteiger partial charge in [0.2, 0.25) is 5.89 Å². The summed E-state index contributed by atoms with van der Waals surface area (Å²) in [4.78, 5) is 22.4. The standard InChI is InChI=1S/C27H32N4O3/c1-19(2)14-29-27(32)24-18-34-26(30-24)17-31(16-21-8-4-7-11-25(21)33-3)13-12-20-15-28-23-10-6-5-9-22(20)23/h4-11,15,18-19,28H,12-14,16-17H2,1-3H3,(H,29,32). The molecule has 4 aromatic rings. The Labute approximate surface area is 200 Å². The van der Waals surface area contributed by atoms with Crippen LogP contribution in [0, 0.1) is 5.92 Å². The number of para-hydroxylation sites is 2. The Morgan fingerprint density at radius 1 is 1.12 bits per heavy atom. The maximum Gasteiger partial charge on any atom is 0.273 e. The molecule has 34 heavy (non-hydrogen) atoms. The summed E-state index contributed by atoms with van der Waals surface area (Å²) < 4.78 is 11.2. The highest BCUT2D eigenvalue weighted by Gasteiger charge is 2.17. The van der Waals surface area contributed by atoms with Gasteiger partial charge in [-0.2, -0.15) is 0 Å². The van der Waals surface area contributed by atoms with Crippen molar-refractivity contribution in [3.8, 4) is 5.75 Å². The van der Waals surface area contributed by atoms with Gasteiger partial charge in [0, 0.05) is 42.3 Å². The lowest BCUT2D eigenvalue weighted by Gasteiger charge is -2.22. The van der Waals surface area contributed by atoms with Gasteiger partial charge >= 0.3 is 0 Å². The van der Waals surface area contributed by atoms with Crippen molar-refractivity contribution in [1.29, 1.82) is 0 Å². The lowest BCUT2D eigenvalue weighted by molar-refractivity contribution is 0.0944. The first-order valence-electron chi connectivity index (χ1n) is 11.7. The lowest BCUT2D eigenvalue weighted by Crippen LogP contribution is -2.28. The fourth-order valence-electron chi connectivity index (χ4n) is 3.97. The minimum Gasteiger partial charge on any atom is -0.496 e. The molecule has 0 fully saturated rings. The van der Waals surface area contributed by atoms with Crippen LogP contribution in [0.15, 0.2) is 65.4 Å². The molecule has 2 heterocycles. The molecule has 0 saturated carbocycles. The van der Waals surface area contributed by atoms with Crippen molar-refractivity contribution < 1.29 is 13.9 Å². The summed E-state index contributed by atoms with van der Waals surface area (Å²) in [6.45, 7) is 6.65. The first-order valence-corrected chi connectivity index (χ1v) is 11.7. The third kappa shape index (κ3) is 5.85. The zero-order valence-electron chi connectivity index (χ0n) is 20.0. The number of oxazole rings is 1. The van der Waals surface area contributed by atoms with E-state index in [1.807, 2.05) is 24.3 Å². The van der Waals surface area contributed by atoms with Crippen LogP contribution in [0.4, 0.5) is 0 Å². The van der Waals surface area contributed by atoms with Crippen LogP contribution in [0.2, 0.25) is 0 Å². The molecule has 0 aliphatic heterocycles. The lowest BCUT2D eigenvalue weighted by atomic mass is 10.1. The van der Waals surface area contributed by atoms with Gasteiger partial charge in [0.05, 0.1) is 13.7 Å². The number of ether oxygens (including phenoxy) is 1. The third-order valence-corrected chi connectivity index (χ3v) is 5.77. The molecule has 0 aliphatic rings. The molecule has 178 valence electrons. The number of methoxy groups -OCH3 is 1. The number of carbonyl (C=O) groups excluding carboxylic acids is 1. The van der Waals surface area contributed by atoms with Crippen molar-refractivity contribution in [3.63, 3.8) is 0 Å². The topological polar surface area (TPSA) is 83.4 Å². The number of hydrogen-bond donors (Lipinski definition) is 2. The molecule has 0 saturated heterocycles. The summed E-state index contributed by atoms with van der Waals surface area (Å²) in [6, 6.07) is 16.3. The predicted molar refractivity (Wildman–Crippen MR) is 133 cm³/mol. The number of hydrogen-bond acceptors (Lipinski definition) is 5. The van der Waals surface area contributed by atoms with Gasteiger partial charge in [-0.05, 0) is 30.0 Å². The van der Waals surface area contributed by atoms with Crippen LogP contribution in [-0.2, 0) is 19.5 Å². The third-order valence-electron chi connectivity index (χ3n) is 5.77. The Balaban J connectivity index is 1.50. The number of aromatic amines is 1. The first-order chi connectivity index (χ1) is 16.5. The van der Waals surface area contributed by atoms with E-state index in [9.17, 15) is 4.79 Å². The van der Waals surface area contributed by atoms with E-state index in [0.29, 0.717) is 37.1 Å². The number of nitrogens with one attached hydrogen (secondary N) is 2. The maximum atomic E-state index is 12.4. The number of carbonyl (C=O) groups is 1. The van der Waals surface area contributed by atoms with E-state index in [2.05, 4.69) is 64.5 Å². The highest BCUT2D eigenvalue weighted by molar-refractivity contribution is 5.91. The van der Waals surface area contributed by atoms with Gasteiger partial charge in [0.15, 0.2) is 5.69 Å². The van der Waals surface area contributed by atoms with Crippen LogP contribution in [0.3, 0.4) is 0 Å². The molecule has 0 spiro atoms. The van der Waals surface area contributed by atoms with Crippen molar-refractivity contribution in [2.24, 2.45) is 5.92 Å². The Morgan fingerprint density at radius 2 is 1.91 bits per heavy atom. The molecule has 0 atom stereocenters. The van der Waals surface area contributed by atoms with Gasteiger partial charge in [-0.1, -0.05) is 50.2 Å². The van der Waals surface area contributed by atoms with Crippen molar-refractivity contribution in [3.05, 3.63) is 83.7 Å². The summed E-state index contributed by atoms with van der Waals surface area (Å²) in [5.74, 6) is 1.53. The molecule has 0 radical (unpaired) electrons. The molecule has 2 N–H and O–H groups in total. The minimum absolute atomic E-state index is 0.209. The van der Waals surface area contributed by atoms with Crippen molar-refractivity contribution >= 4 is 16.8 Å². The average Bonchev–Trinajstić information content (AvgIpc) is 3.48. The van der Waals surface area contributed by atoms with Crippen molar-refractivity contribution in [1.82, 2.24) is 20.2 Å². The number of amides is 1. The van der Waals surface area contributed by atoms with E-state index < -0.39 is 0 Å². The van der Waals surface area contributed by atoms with Gasteiger partial charge in [-0.3, -0.25) is 9.69 Å². The van der Waals surface area contributed by atoms with Crippen LogP contribution in [0.1, 0.15) is 41.4 Å². The van der Waals surface area contributed by atoms with Crippen LogP contribution >= 0.6 is 0 Å². The predicted octanol–water partition coefficient (Wildman–Crippen LogP) is 4.80. The number of H-pyrrole nitrogens is 1. The quantitative estimate of drug-likeness (QED) is 0.336. The zero-order valence-corrected chi connectivity index (χ0v) is 20.0. The Morgan fingerprint density at radius 3 is 2.74 bits per heavy atom. The van der Waals surface area contributed by atoms with E-state index in [1.165, 1.54) is 17.2 Å². The summed E-state index contributed by atoms with van der Waals surface area (Å²) in [5.41, 5.74) is 3.80. The largest absolute Gasteiger partial charge is 0.496 e. The summed E-state index contributed by atoms with van der Waals surface area (Å²) in [7, 11) is 1.69. The molecule has 0 aliphatic carbocycles. The molecule has 7 nitrogen and oxygen atoms in total. The summed E-state index contributed by atoms with van der Waals surface area (Å²) in [5, 5.41) is 4.12. The molecule has 2 aromatic carbocycles. The normalized spacial score (nSPS) is 11.4. The fourth-order valence-corrected chi connectivity index (χ4v) is 3.97. The molecular formula is C27H32N4O3. The van der Waals surface area contributed by atoms with E-state index in [0.717, 1.165) is 29.8 Å². The second-order valence-corrected chi connectivity index (χ2v) is 8.86. The molecule has 7 heteroatoms. The molecule has 4 rings (SSSR count). The number of benzene rings is 2. The smallest absolute Gasteiger partial charge is 0.273 e. The second-order valence-electron chi connectivity index (χ2n) is 8.86. The van der Waals surface area contributed by atoms with Gasteiger partial charge < -0.3 is 19.5 Å². The van der Waals surface area contributed by atoms with E-state index in [-0.39, 0.29) is 5.91 Å². The molecular weight excluding hydrogens is 428 g/mol. The maximum absolute atomic E-state index is 12.4. The average molecular weight is 461 g/mol. The molecule has 0 unspecified atom stereocenters. The second kappa shape index (κ2) is 11.0. The van der Waals surface area contributed by atoms with E-state index in [4.69, 9.17) is 9.15 Å². The van der Waals surface area contributed by atoms with Crippen LogP contribution in [0.25, 0.3) is 10.9 Å². The van der Waals surface area contributed by atoms with Crippen LogP contribution in [0.5, 0.6) is 5.75 Å². The number of fused-ring (bicyclic) bond motifs is 1. The molecule has 0 bridgehead atoms. The SMILES string of the molecule is COc1ccccc1CN(CCc1c[nH]c2ccccc12)Cc1nc(C(=O)NCC(C)C)co1. The van der Waals surface area contributed by atoms with Gasteiger partial charge in [-0.15, -0.1) is 0 Å². The van der Waals surface area contributed by atoms with Crippen molar-refractivity contribution in [2.45, 2.75) is 33.4 Å². The Kier molecular flexibility index (Phi) is 7.65. The highest BCUT2D eigenvalue weighted by atomic mass is 16.5. The zero-order chi connectivity index (χ0) is 23.9. The van der Waals surface area contributed by atoms with Crippen molar-refractivity contribution in [2.75, 3.05) is 20.2 Å². The van der Waals surface area contributed by atoms with Crippen LogP contribution < -0.4 is 10.1 Å². The minimum atomic E-state index is -0.209. The fraction of sp³-hybridized carbons (Fsp3) is 0.333. The van der Waals surface area contributed by atoms with Gasteiger partial charge in [0.25, 0.3) is 5.91 Å². The van der Waals surface area contributed by atoms with Gasteiger partial charge in [0.1, 0.15) is 12.0 Å². The number of aromatic nitrogens is 2. The first kappa shape index (κ1) is 23.6. The molecule has 2 aromatic heterocycles. The van der Waals surface area contributed by atoms with E-state index in [1.54, 1.807) is 7.11 Å². The highest BCUT2D eigenvalue weighted by Crippen LogP contribution is 2.22. The van der Waals surface area contributed by atoms with E-state index >= 15 is 0 Å².